The van der Waals surface area contributed by atoms with E-state index in [1.165, 1.54) is 0 Å². The molecule has 3 aliphatic rings. The summed E-state index contributed by atoms with van der Waals surface area (Å²) >= 11 is 0. The average molecular weight is 394 g/mol. The first-order chi connectivity index (χ1) is 13.7. The van der Waals surface area contributed by atoms with Crippen molar-refractivity contribution in [2.24, 2.45) is 11.8 Å². The number of amides is 2. The second-order valence-corrected chi connectivity index (χ2v) is 7.90. The molecule has 2 unspecified atom stereocenters. The van der Waals surface area contributed by atoms with Crippen molar-refractivity contribution in [1.29, 1.82) is 0 Å². The first kappa shape index (κ1) is 19.3. The highest BCUT2D eigenvalue weighted by molar-refractivity contribution is 5.94. The van der Waals surface area contributed by atoms with Gasteiger partial charge in [-0.1, -0.05) is 7.43 Å². The molecule has 2 fully saturated rings. The second-order valence-electron chi connectivity index (χ2n) is 7.90. The number of aryl methyl sites for hydroxylation is 1. The molecule has 2 amide bonds. The fourth-order valence-electron chi connectivity index (χ4n) is 4.69. The lowest BCUT2D eigenvalue weighted by Crippen LogP contribution is -2.28. The maximum absolute atomic E-state index is 12.6. The highest BCUT2D eigenvalue weighted by Crippen LogP contribution is 2.43. The van der Waals surface area contributed by atoms with Crippen LogP contribution in [0.1, 0.15) is 43.9 Å². The van der Waals surface area contributed by atoms with Gasteiger partial charge < -0.3 is 10.2 Å². The lowest BCUT2D eigenvalue weighted by molar-refractivity contribution is -0.125. The van der Waals surface area contributed by atoms with Crippen LogP contribution in [0.25, 0.3) is 6.08 Å². The van der Waals surface area contributed by atoms with E-state index in [9.17, 15) is 9.59 Å². The van der Waals surface area contributed by atoms with E-state index in [-0.39, 0.29) is 19.2 Å². The maximum atomic E-state index is 12.6. The third-order valence-electron chi connectivity index (χ3n) is 6.09. The maximum Gasteiger partial charge on any atom is 0.246 e. The Bertz CT molecular complexity index is 925. The average Bonchev–Trinajstić information content (AvgIpc) is 3.41. The topological polar surface area (TPSA) is 93.0 Å². The highest BCUT2D eigenvalue weighted by Gasteiger charge is 2.43. The number of fused-ring (bicyclic) bond motifs is 2. The summed E-state index contributed by atoms with van der Waals surface area (Å²) in [6.07, 6.45) is 11.8. The van der Waals surface area contributed by atoms with E-state index >= 15 is 0 Å². The van der Waals surface area contributed by atoms with E-state index in [0.717, 1.165) is 37.1 Å². The third-order valence-corrected chi connectivity index (χ3v) is 6.09. The Labute approximate surface area is 170 Å². The SMILES string of the molecule is C.O=C1CCc2cc(/C=C/C(=O)N3CC4CC(n5nccn5)CC4C3)cnc2N1. The normalized spacial score (nSPS) is 25.4. The van der Waals surface area contributed by atoms with Gasteiger partial charge in [0.15, 0.2) is 0 Å². The molecule has 152 valence electrons. The lowest BCUT2D eigenvalue weighted by atomic mass is 10.0. The van der Waals surface area contributed by atoms with E-state index in [2.05, 4.69) is 20.5 Å². The Balaban J connectivity index is 0.00000205. The first-order valence-corrected chi connectivity index (χ1v) is 9.77. The summed E-state index contributed by atoms with van der Waals surface area (Å²) in [5.41, 5.74) is 1.90. The number of aromatic nitrogens is 4. The number of carbonyl (C=O) groups excluding carboxylic acids is 2. The number of likely N-dealkylation sites (tertiary alicyclic amines) is 1. The van der Waals surface area contributed by atoms with E-state index in [1.54, 1.807) is 24.7 Å². The summed E-state index contributed by atoms with van der Waals surface area (Å²) in [5.74, 6) is 1.75. The van der Waals surface area contributed by atoms with Crippen LogP contribution in [-0.2, 0) is 16.0 Å². The van der Waals surface area contributed by atoms with E-state index in [1.807, 2.05) is 21.8 Å². The number of nitrogens with zero attached hydrogens (tertiary/aromatic N) is 5. The molecule has 1 saturated heterocycles. The molecular weight excluding hydrogens is 368 g/mol. The van der Waals surface area contributed by atoms with Crippen LogP contribution in [-0.4, -0.2) is 49.8 Å². The van der Waals surface area contributed by atoms with Crippen molar-refractivity contribution in [2.45, 2.75) is 39.2 Å². The Morgan fingerprint density at radius 2 is 1.86 bits per heavy atom. The molecule has 1 saturated carbocycles. The van der Waals surface area contributed by atoms with Gasteiger partial charge in [-0.15, -0.1) is 0 Å². The van der Waals surface area contributed by atoms with Gasteiger partial charge in [-0.25, -0.2) is 4.98 Å². The number of anilines is 1. The molecule has 2 aliphatic heterocycles. The van der Waals surface area contributed by atoms with Gasteiger partial charge in [-0.3, -0.25) is 9.59 Å². The van der Waals surface area contributed by atoms with Gasteiger partial charge in [0.25, 0.3) is 0 Å². The summed E-state index contributed by atoms with van der Waals surface area (Å²) in [7, 11) is 0. The van der Waals surface area contributed by atoms with Gasteiger partial charge in [0.2, 0.25) is 11.8 Å². The van der Waals surface area contributed by atoms with Gasteiger partial charge in [0.1, 0.15) is 5.82 Å². The summed E-state index contributed by atoms with van der Waals surface area (Å²) in [6, 6.07) is 2.35. The molecule has 2 aromatic heterocycles. The first-order valence-electron chi connectivity index (χ1n) is 9.77. The molecule has 5 rings (SSSR count). The van der Waals surface area contributed by atoms with Crippen LogP contribution in [0, 0.1) is 11.8 Å². The Morgan fingerprint density at radius 3 is 2.59 bits per heavy atom. The summed E-state index contributed by atoms with van der Waals surface area (Å²) in [4.78, 5) is 32.1. The standard InChI is InChI=1S/C20H22N6O2.CH4/c27-18-3-2-14-7-13(10-21-20(14)24-18)1-4-19(28)25-11-15-8-17(9-16(15)12-25)26-22-5-6-23-26;/h1,4-7,10,15-17H,2-3,8-9,11-12H2,(H,21,24,27);1H4/b4-1+;. The summed E-state index contributed by atoms with van der Waals surface area (Å²) in [5, 5.41) is 11.3. The fraction of sp³-hybridized carbons (Fsp3) is 0.476. The Kier molecular flexibility index (Phi) is 5.17. The van der Waals surface area contributed by atoms with Crippen LogP contribution in [0.2, 0.25) is 0 Å². The molecule has 2 atom stereocenters. The number of carbonyl (C=O) groups is 2. The van der Waals surface area contributed by atoms with Gasteiger partial charge in [0, 0.05) is 31.8 Å². The molecule has 0 radical (unpaired) electrons. The number of pyridine rings is 1. The van der Waals surface area contributed by atoms with Gasteiger partial charge >= 0.3 is 0 Å². The minimum Gasteiger partial charge on any atom is -0.339 e. The minimum atomic E-state index is 0. The molecular formula is C21H26N6O2. The minimum absolute atomic E-state index is 0. The molecule has 1 aliphatic carbocycles. The molecule has 4 heterocycles. The molecule has 1 N–H and O–H groups in total. The van der Waals surface area contributed by atoms with Gasteiger partial charge in [0.05, 0.1) is 18.4 Å². The predicted molar refractivity (Wildman–Crippen MR) is 109 cm³/mol. The van der Waals surface area contributed by atoms with E-state index in [0.29, 0.717) is 36.5 Å². The van der Waals surface area contributed by atoms with Crippen LogP contribution >= 0.6 is 0 Å². The Morgan fingerprint density at radius 1 is 1.14 bits per heavy atom. The van der Waals surface area contributed by atoms with Crippen LogP contribution in [0.4, 0.5) is 5.82 Å². The summed E-state index contributed by atoms with van der Waals surface area (Å²) < 4.78 is 0. The van der Waals surface area contributed by atoms with Crippen molar-refractivity contribution in [3.8, 4) is 0 Å². The van der Waals surface area contributed by atoms with Crippen molar-refractivity contribution in [2.75, 3.05) is 18.4 Å². The molecule has 0 bridgehead atoms. The van der Waals surface area contributed by atoms with Crippen molar-refractivity contribution in [1.82, 2.24) is 24.9 Å². The number of nitrogens with one attached hydrogen (secondary N) is 1. The molecule has 8 heteroatoms. The number of hydrogen-bond acceptors (Lipinski definition) is 5. The van der Waals surface area contributed by atoms with Crippen molar-refractivity contribution < 1.29 is 9.59 Å². The van der Waals surface area contributed by atoms with Crippen molar-refractivity contribution in [3.05, 3.63) is 41.9 Å². The van der Waals surface area contributed by atoms with Crippen molar-refractivity contribution >= 4 is 23.7 Å². The van der Waals surface area contributed by atoms with Crippen LogP contribution < -0.4 is 5.32 Å². The van der Waals surface area contributed by atoms with Crippen LogP contribution in [0.15, 0.2) is 30.7 Å². The fourth-order valence-corrected chi connectivity index (χ4v) is 4.69. The van der Waals surface area contributed by atoms with Gasteiger partial charge in [-0.05, 0) is 54.4 Å². The quantitative estimate of drug-likeness (QED) is 0.807. The predicted octanol–water partition coefficient (Wildman–Crippen LogP) is 2.32. The lowest BCUT2D eigenvalue weighted by Gasteiger charge is -2.17. The number of hydrogen-bond donors (Lipinski definition) is 1. The zero-order chi connectivity index (χ0) is 19.1. The highest BCUT2D eigenvalue weighted by atomic mass is 16.2. The van der Waals surface area contributed by atoms with Crippen molar-refractivity contribution in [3.63, 3.8) is 0 Å². The van der Waals surface area contributed by atoms with Crippen LogP contribution in [0.3, 0.4) is 0 Å². The largest absolute Gasteiger partial charge is 0.339 e. The van der Waals surface area contributed by atoms with Gasteiger partial charge in [-0.2, -0.15) is 15.0 Å². The zero-order valence-corrected chi connectivity index (χ0v) is 15.5. The third kappa shape index (κ3) is 3.79. The molecule has 29 heavy (non-hydrogen) atoms. The smallest absolute Gasteiger partial charge is 0.246 e. The summed E-state index contributed by atoms with van der Waals surface area (Å²) in [6.45, 7) is 1.61. The molecule has 0 aromatic carbocycles. The second kappa shape index (κ2) is 7.77. The number of rotatable bonds is 3. The molecule has 8 nitrogen and oxygen atoms in total. The molecule has 2 aromatic rings. The zero-order valence-electron chi connectivity index (χ0n) is 15.5. The monoisotopic (exact) mass is 394 g/mol. The Hall–Kier alpha value is -3.03. The van der Waals surface area contributed by atoms with E-state index < -0.39 is 0 Å². The van der Waals surface area contributed by atoms with E-state index in [4.69, 9.17) is 0 Å². The van der Waals surface area contributed by atoms with Crippen LogP contribution in [0.5, 0.6) is 0 Å². The molecule has 0 spiro atoms.